The minimum absolute atomic E-state index is 0.0603. The van der Waals surface area contributed by atoms with Gasteiger partial charge in [-0.2, -0.15) is 0 Å². The second-order valence-electron chi connectivity index (χ2n) is 9.56. The number of carbonyl (C=O) groups excluding carboxylic acids is 1. The summed E-state index contributed by atoms with van der Waals surface area (Å²) < 4.78 is 41.1. The molecule has 140 valence electrons. The molecule has 1 saturated heterocycles. The number of β-lactam (4-membered cyclic amide) rings is 1. The van der Waals surface area contributed by atoms with E-state index >= 15 is 0 Å². The number of rotatable bonds is 2. The summed E-state index contributed by atoms with van der Waals surface area (Å²) in [5, 5.41) is 0. The van der Waals surface area contributed by atoms with Crippen LogP contribution in [0.15, 0.2) is 12.1 Å². The van der Waals surface area contributed by atoms with Crippen LogP contribution in [0.3, 0.4) is 0 Å². The summed E-state index contributed by atoms with van der Waals surface area (Å²) in [5.41, 5.74) is -0.342. The fraction of sp³-hybridized carbons (Fsp3) is 0.667. The van der Waals surface area contributed by atoms with Crippen molar-refractivity contribution in [3.63, 3.8) is 0 Å². The van der Waals surface area contributed by atoms with E-state index in [9.17, 15) is 18.0 Å². The minimum Gasteiger partial charge on any atom is -0.330 e. The number of carbonyl (C=O) groups is 1. The van der Waals surface area contributed by atoms with Crippen LogP contribution in [0.5, 0.6) is 0 Å². The Hall–Kier alpha value is -1.52. The molecule has 1 aliphatic heterocycles. The summed E-state index contributed by atoms with van der Waals surface area (Å²) >= 11 is 0. The van der Waals surface area contributed by atoms with E-state index in [-0.39, 0.29) is 18.0 Å². The Morgan fingerprint density at radius 1 is 0.923 bits per heavy atom. The molecule has 0 aromatic heterocycles. The Bertz CT molecular complexity index is 738. The summed E-state index contributed by atoms with van der Waals surface area (Å²) in [6, 6.07) is 1.92. The molecule has 1 heterocycles. The number of nitrogens with zero attached hydrogens (tertiary/aromatic N) is 1. The van der Waals surface area contributed by atoms with Crippen molar-refractivity contribution in [3.8, 4) is 0 Å². The zero-order valence-corrected chi connectivity index (χ0v) is 15.1. The lowest BCUT2D eigenvalue weighted by atomic mass is 9.52. The predicted molar refractivity (Wildman–Crippen MR) is 90.5 cm³/mol. The van der Waals surface area contributed by atoms with Gasteiger partial charge < -0.3 is 4.90 Å². The largest absolute Gasteiger partial charge is 0.330 e. The fourth-order valence-electron chi connectivity index (χ4n) is 6.82. The molecule has 5 fully saturated rings. The number of halogens is 3. The topological polar surface area (TPSA) is 20.3 Å². The van der Waals surface area contributed by atoms with Gasteiger partial charge in [0.25, 0.3) is 0 Å². The molecule has 5 aliphatic rings. The van der Waals surface area contributed by atoms with Crippen LogP contribution < -0.4 is 0 Å². The van der Waals surface area contributed by atoms with Crippen LogP contribution in [0.1, 0.15) is 57.6 Å². The van der Waals surface area contributed by atoms with Crippen molar-refractivity contribution in [1.29, 1.82) is 0 Å². The van der Waals surface area contributed by atoms with Crippen LogP contribution in [0.4, 0.5) is 13.2 Å². The first-order chi connectivity index (χ1) is 12.3. The third-order valence-electron chi connectivity index (χ3n) is 7.57. The van der Waals surface area contributed by atoms with Crippen molar-refractivity contribution < 1.29 is 18.0 Å². The number of hydrogen-bond donors (Lipinski definition) is 0. The molecule has 4 aliphatic carbocycles. The minimum atomic E-state index is -1.45. The molecule has 1 atom stereocenters. The van der Waals surface area contributed by atoms with Crippen LogP contribution in [0.25, 0.3) is 0 Å². The van der Waals surface area contributed by atoms with E-state index in [1.165, 1.54) is 32.1 Å². The van der Waals surface area contributed by atoms with E-state index in [0.717, 1.165) is 24.0 Å². The van der Waals surface area contributed by atoms with Crippen molar-refractivity contribution in [1.82, 2.24) is 4.90 Å². The standard InChI is InChI=1S/C21H24F3NO/c1-21(2)19(14-8-15(22)17(24)16(23)9-14)25(20(21)26)18-12-4-10-3-11(6-12)7-13(18)5-10/h8-13,18-19H,3-7H2,1-2H3. The molecule has 0 spiro atoms. The molecule has 2 nitrogen and oxygen atoms in total. The SMILES string of the molecule is CC1(C)C(=O)N(C2C3CC4CC(C3)CC2C4)C1c1cc(F)c(F)c(F)c1. The van der Waals surface area contributed by atoms with Gasteiger partial charge in [-0.15, -0.1) is 0 Å². The van der Waals surface area contributed by atoms with E-state index in [0.29, 0.717) is 17.4 Å². The summed E-state index contributed by atoms with van der Waals surface area (Å²) in [5.74, 6) is -1.16. The predicted octanol–water partition coefficient (Wildman–Crippen LogP) is 4.84. The van der Waals surface area contributed by atoms with Gasteiger partial charge in [-0.05, 0) is 87.3 Å². The highest BCUT2D eigenvalue weighted by atomic mass is 19.2. The lowest BCUT2D eigenvalue weighted by Crippen LogP contribution is -2.69. The molecule has 26 heavy (non-hydrogen) atoms. The summed E-state index contributed by atoms with van der Waals surface area (Å²) in [7, 11) is 0. The third kappa shape index (κ3) is 2.09. The lowest BCUT2D eigenvalue weighted by Gasteiger charge is -2.64. The molecule has 4 bridgehead atoms. The van der Waals surface area contributed by atoms with Crippen molar-refractivity contribution in [2.45, 2.75) is 58.0 Å². The van der Waals surface area contributed by atoms with Gasteiger partial charge in [-0.25, -0.2) is 13.2 Å². The van der Waals surface area contributed by atoms with Gasteiger partial charge in [0.2, 0.25) is 5.91 Å². The monoisotopic (exact) mass is 363 g/mol. The third-order valence-corrected chi connectivity index (χ3v) is 7.57. The Balaban J connectivity index is 1.53. The first-order valence-corrected chi connectivity index (χ1v) is 9.74. The average Bonchev–Trinajstić information content (AvgIpc) is 2.57. The molecule has 4 saturated carbocycles. The lowest BCUT2D eigenvalue weighted by molar-refractivity contribution is -0.191. The van der Waals surface area contributed by atoms with Gasteiger partial charge in [0.1, 0.15) is 0 Å². The first-order valence-electron chi connectivity index (χ1n) is 9.74. The first kappa shape index (κ1) is 16.6. The molecule has 0 N–H and O–H groups in total. The molecule has 1 unspecified atom stereocenters. The Labute approximate surface area is 151 Å². The molecule has 6 rings (SSSR count). The van der Waals surface area contributed by atoms with Crippen LogP contribution in [0, 0.1) is 46.5 Å². The highest BCUT2D eigenvalue weighted by Crippen LogP contribution is 2.60. The van der Waals surface area contributed by atoms with Crippen LogP contribution in [0.2, 0.25) is 0 Å². The normalized spacial score (nSPS) is 40.0. The zero-order valence-electron chi connectivity index (χ0n) is 15.1. The number of hydrogen-bond acceptors (Lipinski definition) is 1. The van der Waals surface area contributed by atoms with Gasteiger partial charge in [0.05, 0.1) is 11.5 Å². The smallest absolute Gasteiger partial charge is 0.231 e. The highest BCUT2D eigenvalue weighted by Gasteiger charge is 2.62. The maximum Gasteiger partial charge on any atom is 0.231 e. The van der Waals surface area contributed by atoms with Gasteiger partial charge in [-0.1, -0.05) is 0 Å². The van der Waals surface area contributed by atoms with Crippen LogP contribution in [-0.2, 0) is 4.79 Å². The van der Waals surface area contributed by atoms with Gasteiger partial charge in [0, 0.05) is 6.04 Å². The fourth-order valence-corrected chi connectivity index (χ4v) is 6.82. The molecule has 1 aromatic rings. The van der Waals surface area contributed by atoms with E-state index in [1.54, 1.807) is 0 Å². The molecule has 1 aromatic carbocycles. The summed E-state index contributed by atoms with van der Waals surface area (Å²) in [4.78, 5) is 14.9. The second kappa shape index (κ2) is 5.26. The van der Waals surface area contributed by atoms with Crippen LogP contribution in [-0.4, -0.2) is 16.8 Å². The van der Waals surface area contributed by atoms with Crippen molar-refractivity contribution in [2.75, 3.05) is 0 Å². The maximum atomic E-state index is 13.8. The van der Waals surface area contributed by atoms with E-state index in [2.05, 4.69) is 0 Å². The van der Waals surface area contributed by atoms with Gasteiger partial charge in [-0.3, -0.25) is 4.79 Å². The molecule has 5 heteroatoms. The van der Waals surface area contributed by atoms with Gasteiger partial charge in [0.15, 0.2) is 17.5 Å². The highest BCUT2D eigenvalue weighted by molar-refractivity contribution is 5.90. The maximum absolute atomic E-state index is 13.8. The summed E-state index contributed by atoms with van der Waals surface area (Å²) in [6.07, 6.45) is 6.00. The van der Waals surface area contributed by atoms with Crippen molar-refractivity contribution in [3.05, 3.63) is 35.1 Å². The van der Waals surface area contributed by atoms with Crippen LogP contribution >= 0.6 is 0 Å². The summed E-state index contributed by atoms with van der Waals surface area (Å²) in [6.45, 7) is 3.65. The van der Waals surface area contributed by atoms with E-state index < -0.39 is 22.9 Å². The quantitative estimate of drug-likeness (QED) is 0.544. The Morgan fingerprint density at radius 3 is 1.92 bits per heavy atom. The number of likely N-dealkylation sites (tertiary alicyclic amines) is 1. The van der Waals surface area contributed by atoms with E-state index in [1.807, 2.05) is 18.7 Å². The Morgan fingerprint density at radius 2 is 1.42 bits per heavy atom. The molecular formula is C21H24F3NO. The van der Waals surface area contributed by atoms with Gasteiger partial charge >= 0.3 is 0 Å². The zero-order chi connectivity index (χ0) is 18.4. The number of amides is 1. The van der Waals surface area contributed by atoms with Crippen molar-refractivity contribution in [2.24, 2.45) is 29.1 Å². The second-order valence-corrected chi connectivity index (χ2v) is 9.56. The average molecular weight is 363 g/mol. The molecule has 0 radical (unpaired) electrons. The van der Waals surface area contributed by atoms with E-state index in [4.69, 9.17) is 0 Å². The molecular weight excluding hydrogens is 339 g/mol. The molecule has 1 amide bonds. The number of benzene rings is 1. The Kier molecular flexibility index (Phi) is 3.37. The van der Waals surface area contributed by atoms with Crippen molar-refractivity contribution >= 4 is 5.91 Å².